The molecule has 22 heavy (non-hydrogen) atoms. The number of hydrogen-bond donors (Lipinski definition) is 0. The van der Waals surface area contributed by atoms with Crippen molar-refractivity contribution in [2.45, 2.75) is 64.7 Å². The zero-order valence-corrected chi connectivity index (χ0v) is 13.9. The van der Waals surface area contributed by atoms with Crippen LogP contribution >= 0.6 is 0 Å². The predicted octanol–water partition coefficient (Wildman–Crippen LogP) is 5.52. The molecule has 0 aromatic heterocycles. The Bertz CT molecular complexity index is 376. The highest BCUT2D eigenvalue weighted by Gasteiger charge is 2.01. The summed E-state index contributed by atoms with van der Waals surface area (Å²) in [5.41, 5.74) is 1.44. The molecule has 0 fully saturated rings. The van der Waals surface area contributed by atoms with Crippen molar-refractivity contribution in [3.05, 3.63) is 35.9 Å². The maximum Gasteiger partial charge on any atom is 0.508 e. The summed E-state index contributed by atoms with van der Waals surface area (Å²) in [5, 5.41) is 0. The highest BCUT2D eigenvalue weighted by atomic mass is 16.7. The molecule has 0 aliphatic heterocycles. The highest BCUT2D eigenvalue weighted by Crippen LogP contribution is 2.10. The number of hydrogen-bond acceptors (Lipinski definition) is 3. The maximum atomic E-state index is 11.1. The van der Waals surface area contributed by atoms with E-state index in [-0.39, 0.29) is 0 Å². The Balaban J connectivity index is 1.81. The van der Waals surface area contributed by atoms with Crippen molar-refractivity contribution in [1.29, 1.82) is 0 Å². The summed E-state index contributed by atoms with van der Waals surface area (Å²) >= 11 is 0. The minimum atomic E-state index is -0.525. The van der Waals surface area contributed by atoms with Crippen molar-refractivity contribution < 1.29 is 14.3 Å². The van der Waals surface area contributed by atoms with Crippen LogP contribution in [0.4, 0.5) is 4.79 Å². The van der Waals surface area contributed by atoms with E-state index in [1.165, 1.54) is 44.1 Å². The summed E-state index contributed by atoms with van der Waals surface area (Å²) < 4.78 is 9.82. The van der Waals surface area contributed by atoms with Gasteiger partial charge in [0, 0.05) is 0 Å². The quantitative estimate of drug-likeness (QED) is 0.376. The Kier molecular flexibility index (Phi) is 11.1. The molecule has 0 amide bonds. The molecule has 0 aliphatic carbocycles. The lowest BCUT2D eigenvalue weighted by molar-refractivity contribution is 0.0541. The molecule has 0 heterocycles. The summed E-state index contributed by atoms with van der Waals surface area (Å²) in [6.07, 6.45) is 9.92. The highest BCUT2D eigenvalue weighted by molar-refractivity contribution is 5.59. The topological polar surface area (TPSA) is 35.5 Å². The third kappa shape index (κ3) is 10.3. The number of benzene rings is 1. The number of ether oxygens (including phenoxy) is 2. The van der Waals surface area contributed by atoms with Gasteiger partial charge in [-0.3, -0.25) is 0 Å². The molecule has 1 aromatic carbocycles. The van der Waals surface area contributed by atoms with E-state index in [2.05, 4.69) is 30.3 Å². The molecule has 0 radical (unpaired) electrons. The molecular formula is C19H30O3. The monoisotopic (exact) mass is 306 g/mol. The van der Waals surface area contributed by atoms with Gasteiger partial charge in [-0.15, -0.1) is 0 Å². The first-order valence-electron chi connectivity index (χ1n) is 8.66. The van der Waals surface area contributed by atoms with Crippen molar-refractivity contribution >= 4 is 6.16 Å². The zero-order valence-electron chi connectivity index (χ0n) is 13.9. The van der Waals surface area contributed by atoms with Crippen LogP contribution in [-0.2, 0) is 15.9 Å². The molecule has 1 aromatic rings. The van der Waals surface area contributed by atoms with E-state index in [1.54, 1.807) is 0 Å². The number of rotatable bonds is 12. The summed E-state index contributed by atoms with van der Waals surface area (Å²) in [6.45, 7) is 2.89. The molecule has 0 atom stereocenters. The van der Waals surface area contributed by atoms with Crippen LogP contribution in [0.15, 0.2) is 30.3 Å². The molecule has 0 saturated carbocycles. The van der Waals surface area contributed by atoms with Gasteiger partial charge in [0.05, 0.1) is 13.2 Å². The van der Waals surface area contributed by atoms with Crippen LogP contribution in [0.1, 0.15) is 63.9 Å². The van der Waals surface area contributed by atoms with Gasteiger partial charge in [-0.05, 0) is 31.2 Å². The summed E-state index contributed by atoms with van der Waals surface area (Å²) in [7, 11) is 0. The molecule has 1 rings (SSSR count). The van der Waals surface area contributed by atoms with E-state index in [0.29, 0.717) is 13.2 Å². The first-order chi connectivity index (χ1) is 10.8. The van der Waals surface area contributed by atoms with Gasteiger partial charge in [0.15, 0.2) is 0 Å². The minimum absolute atomic E-state index is 0.446. The largest absolute Gasteiger partial charge is 0.508 e. The van der Waals surface area contributed by atoms with Crippen LogP contribution in [0.2, 0.25) is 0 Å². The Morgan fingerprint density at radius 1 is 0.818 bits per heavy atom. The Morgan fingerprint density at radius 3 is 2.09 bits per heavy atom. The summed E-state index contributed by atoms with van der Waals surface area (Å²) in [4.78, 5) is 11.1. The van der Waals surface area contributed by atoms with E-state index in [1.807, 2.05) is 6.92 Å². The third-order valence-electron chi connectivity index (χ3n) is 3.60. The van der Waals surface area contributed by atoms with E-state index < -0.39 is 6.16 Å². The van der Waals surface area contributed by atoms with Crippen LogP contribution in [-0.4, -0.2) is 19.4 Å². The van der Waals surface area contributed by atoms with E-state index in [9.17, 15) is 4.79 Å². The van der Waals surface area contributed by atoms with Gasteiger partial charge < -0.3 is 9.47 Å². The van der Waals surface area contributed by atoms with Crippen LogP contribution < -0.4 is 0 Å². The van der Waals surface area contributed by atoms with Crippen LogP contribution in [0.25, 0.3) is 0 Å². The molecule has 3 nitrogen and oxygen atoms in total. The van der Waals surface area contributed by atoms with Crippen molar-refractivity contribution in [1.82, 2.24) is 0 Å². The first-order valence-corrected chi connectivity index (χ1v) is 8.66. The molecule has 0 spiro atoms. The number of carbonyl (C=O) groups excluding carboxylic acids is 1. The van der Waals surface area contributed by atoms with Gasteiger partial charge in [0.1, 0.15) is 0 Å². The summed E-state index contributed by atoms with van der Waals surface area (Å²) in [6, 6.07) is 10.7. The molecule has 0 aliphatic rings. The minimum Gasteiger partial charge on any atom is -0.434 e. The lowest BCUT2D eigenvalue weighted by Gasteiger charge is -2.05. The average Bonchev–Trinajstić information content (AvgIpc) is 2.55. The first kappa shape index (κ1) is 18.5. The number of carbonyl (C=O) groups is 1. The Hall–Kier alpha value is -1.51. The second-order valence-corrected chi connectivity index (χ2v) is 5.66. The molecule has 0 N–H and O–H groups in total. The Labute approximate surface area is 135 Å². The normalized spacial score (nSPS) is 10.4. The number of aryl methyl sites for hydroxylation is 1. The van der Waals surface area contributed by atoms with Gasteiger partial charge in [-0.2, -0.15) is 0 Å². The van der Waals surface area contributed by atoms with E-state index in [0.717, 1.165) is 19.3 Å². The molecule has 124 valence electrons. The fraction of sp³-hybridized carbons (Fsp3) is 0.632. The fourth-order valence-corrected chi connectivity index (χ4v) is 2.34. The third-order valence-corrected chi connectivity index (χ3v) is 3.60. The second-order valence-electron chi connectivity index (χ2n) is 5.66. The maximum absolute atomic E-state index is 11.1. The molecular weight excluding hydrogens is 276 g/mol. The van der Waals surface area contributed by atoms with Crippen molar-refractivity contribution in [2.24, 2.45) is 0 Å². The fourth-order valence-electron chi connectivity index (χ4n) is 2.34. The molecule has 0 unspecified atom stereocenters. The zero-order chi connectivity index (χ0) is 15.9. The SMILES string of the molecule is CCCOC(=O)OCCCCCCCCCc1ccccc1. The molecule has 0 saturated heterocycles. The molecule has 0 bridgehead atoms. The second kappa shape index (κ2) is 13.2. The van der Waals surface area contributed by atoms with Gasteiger partial charge in [-0.1, -0.05) is 69.4 Å². The van der Waals surface area contributed by atoms with Gasteiger partial charge in [0.2, 0.25) is 0 Å². The lowest BCUT2D eigenvalue weighted by Crippen LogP contribution is -2.08. The predicted molar refractivity (Wildman–Crippen MR) is 90.1 cm³/mol. The molecule has 3 heteroatoms. The van der Waals surface area contributed by atoms with Gasteiger partial charge in [-0.25, -0.2) is 4.79 Å². The number of unbranched alkanes of at least 4 members (excludes halogenated alkanes) is 6. The lowest BCUT2D eigenvalue weighted by atomic mass is 10.0. The average molecular weight is 306 g/mol. The smallest absolute Gasteiger partial charge is 0.434 e. The standard InChI is InChI=1S/C19H30O3/c1-2-16-21-19(20)22-17-12-7-5-3-4-6-9-13-18-14-10-8-11-15-18/h8,10-11,14-15H,2-7,9,12-13,16-17H2,1H3. The van der Waals surface area contributed by atoms with E-state index in [4.69, 9.17) is 9.47 Å². The van der Waals surface area contributed by atoms with E-state index >= 15 is 0 Å². The summed E-state index contributed by atoms with van der Waals surface area (Å²) in [5.74, 6) is 0. The van der Waals surface area contributed by atoms with Crippen molar-refractivity contribution in [3.8, 4) is 0 Å². The van der Waals surface area contributed by atoms with Crippen molar-refractivity contribution in [3.63, 3.8) is 0 Å². The van der Waals surface area contributed by atoms with Crippen LogP contribution in [0.5, 0.6) is 0 Å². The van der Waals surface area contributed by atoms with Crippen LogP contribution in [0.3, 0.4) is 0 Å². The van der Waals surface area contributed by atoms with Crippen molar-refractivity contribution in [2.75, 3.05) is 13.2 Å². The van der Waals surface area contributed by atoms with Gasteiger partial charge in [0.25, 0.3) is 0 Å². The van der Waals surface area contributed by atoms with Gasteiger partial charge >= 0.3 is 6.16 Å². The van der Waals surface area contributed by atoms with Crippen LogP contribution in [0, 0.1) is 0 Å². The Morgan fingerprint density at radius 2 is 1.41 bits per heavy atom.